The van der Waals surface area contributed by atoms with Crippen LogP contribution in [0.2, 0.25) is 0 Å². The van der Waals surface area contributed by atoms with Crippen molar-refractivity contribution in [3.05, 3.63) is 0 Å². The molecule has 128 valence electrons. The Balaban J connectivity index is 3.40. The van der Waals surface area contributed by atoms with Crippen molar-refractivity contribution in [2.24, 2.45) is 0 Å². The fraction of sp³-hybridized carbons (Fsp3) is 1.00. The first-order valence-electron chi connectivity index (χ1n) is 7.51. The minimum Gasteiger partial charge on any atom is -0.324 e. The SMILES string of the molecule is CCCCCCCCCCCCOP(O)(=S)OP(O)(O)=S. The molecule has 0 bridgehead atoms. The molecule has 0 amide bonds. The van der Waals surface area contributed by atoms with Gasteiger partial charge in [0.25, 0.3) is 0 Å². The van der Waals surface area contributed by atoms with Gasteiger partial charge in [0.2, 0.25) is 0 Å². The predicted octanol–water partition coefficient (Wildman–Crippen LogP) is 4.37. The van der Waals surface area contributed by atoms with Gasteiger partial charge >= 0.3 is 13.4 Å². The van der Waals surface area contributed by atoms with Crippen molar-refractivity contribution in [2.75, 3.05) is 6.61 Å². The highest BCUT2D eigenvalue weighted by molar-refractivity contribution is 8.14. The summed E-state index contributed by atoms with van der Waals surface area (Å²) in [5.74, 6) is 0. The fourth-order valence-corrected chi connectivity index (χ4v) is 5.80. The second-order valence-electron chi connectivity index (χ2n) is 5.06. The first-order valence-corrected chi connectivity index (χ1v) is 12.7. The Morgan fingerprint density at radius 2 is 1.19 bits per heavy atom. The second kappa shape index (κ2) is 12.5. The van der Waals surface area contributed by atoms with Crippen LogP contribution in [0, 0.1) is 0 Å². The topological polar surface area (TPSA) is 79.2 Å². The van der Waals surface area contributed by atoms with Crippen molar-refractivity contribution >= 4 is 37.1 Å². The molecular formula is C12H28O5P2S2. The van der Waals surface area contributed by atoms with Gasteiger partial charge in [-0.3, -0.25) is 0 Å². The third-order valence-corrected chi connectivity index (χ3v) is 6.66. The fourth-order valence-electron chi connectivity index (χ4n) is 1.93. The number of hydrogen-bond donors (Lipinski definition) is 3. The zero-order chi connectivity index (χ0) is 16.2. The average Bonchev–Trinajstić information content (AvgIpc) is 2.33. The molecule has 0 rings (SSSR count). The molecule has 0 heterocycles. The molecule has 1 atom stereocenters. The summed E-state index contributed by atoms with van der Waals surface area (Å²) in [6.07, 6.45) is 12.0. The van der Waals surface area contributed by atoms with Crippen LogP contribution >= 0.6 is 13.4 Å². The van der Waals surface area contributed by atoms with Crippen LogP contribution in [0.4, 0.5) is 0 Å². The van der Waals surface area contributed by atoms with E-state index < -0.39 is 13.4 Å². The maximum Gasteiger partial charge on any atom is 0.331 e. The summed E-state index contributed by atoms with van der Waals surface area (Å²) in [7, 11) is 0. The normalized spacial score (nSPS) is 15.0. The molecule has 0 aliphatic heterocycles. The Hall–Kier alpha value is 1.10. The third kappa shape index (κ3) is 17.3. The largest absolute Gasteiger partial charge is 0.331 e. The minimum atomic E-state index is -3.97. The Bertz CT molecular complexity index is 349. The van der Waals surface area contributed by atoms with Crippen LogP contribution in [0.1, 0.15) is 71.1 Å². The summed E-state index contributed by atoms with van der Waals surface area (Å²) in [5.41, 5.74) is 0. The highest BCUT2D eigenvalue weighted by atomic mass is 32.5. The molecule has 0 aliphatic rings. The van der Waals surface area contributed by atoms with Crippen LogP contribution in [0.3, 0.4) is 0 Å². The lowest BCUT2D eigenvalue weighted by Crippen LogP contribution is -1.96. The number of hydrogen-bond acceptors (Lipinski definition) is 4. The number of unbranched alkanes of at least 4 members (excludes halogenated alkanes) is 9. The van der Waals surface area contributed by atoms with Gasteiger partial charge in [-0.15, -0.1) is 0 Å². The molecule has 21 heavy (non-hydrogen) atoms. The molecule has 0 saturated heterocycles. The standard InChI is InChI=1S/C12H28O5P2S2/c1-2-3-4-5-6-7-8-9-10-11-12-16-19(15,21)17-18(13,14)20/h2-12H2,1H3,(H,15,21)(H2,13,14,20). The van der Waals surface area contributed by atoms with Gasteiger partial charge in [-0.2, -0.15) is 0 Å². The Morgan fingerprint density at radius 1 is 0.762 bits per heavy atom. The first-order chi connectivity index (χ1) is 9.77. The molecular weight excluding hydrogens is 350 g/mol. The van der Waals surface area contributed by atoms with E-state index in [0.717, 1.165) is 19.3 Å². The summed E-state index contributed by atoms with van der Waals surface area (Å²) >= 11 is 8.87. The van der Waals surface area contributed by atoms with Gasteiger partial charge in [-0.25, -0.2) is 4.31 Å². The summed E-state index contributed by atoms with van der Waals surface area (Å²) < 4.78 is 9.39. The molecule has 0 aromatic carbocycles. The van der Waals surface area contributed by atoms with Crippen LogP contribution < -0.4 is 0 Å². The van der Waals surface area contributed by atoms with E-state index in [1.54, 1.807) is 0 Å². The number of rotatable bonds is 14. The monoisotopic (exact) mass is 378 g/mol. The summed E-state index contributed by atoms with van der Waals surface area (Å²) in [4.78, 5) is 27.3. The Morgan fingerprint density at radius 3 is 1.62 bits per heavy atom. The lowest BCUT2D eigenvalue weighted by Gasteiger charge is -2.17. The maximum atomic E-state index is 9.52. The maximum absolute atomic E-state index is 9.52. The third-order valence-electron chi connectivity index (χ3n) is 2.96. The van der Waals surface area contributed by atoms with Gasteiger partial charge in [-0.05, 0) is 30.0 Å². The Kier molecular flexibility index (Phi) is 13.2. The van der Waals surface area contributed by atoms with Crippen molar-refractivity contribution in [2.45, 2.75) is 71.1 Å². The molecule has 0 aliphatic carbocycles. The minimum absolute atomic E-state index is 0.250. The van der Waals surface area contributed by atoms with Crippen LogP contribution in [-0.4, -0.2) is 21.3 Å². The van der Waals surface area contributed by atoms with E-state index in [4.69, 9.17) is 14.3 Å². The zero-order valence-electron chi connectivity index (χ0n) is 12.6. The van der Waals surface area contributed by atoms with Crippen LogP contribution in [0.5, 0.6) is 0 Å². The van der Waals surface area contributed by atoms with E-state index in [9.17, 15) is 4.89 Å². The van der Waals surface area contributed by atoms with Crippen molar-refractivity contribution in [1.29, 1.82) is 0 Å². The van der Waals surface area contributed by atoms with Crippen LogP contribution in [0.15, 0.2) is 0 Å². The van der Waals surface area contributed by atoms with Gasteiger partial charge in [0, 0.05) is 0 Å². The lowest BCUT2D eigenvalue weighted by molar-refractivity contribution is 0.238. The Labute approximate surface area is 138 Å². The van der Waals surface area contributed by atoms with E-state index >= 15 is 0 Å². The molecule has 9 heteroatoms. The van der Waals surface area contributed by atoms with Crippen LogP contribution in [-0.2, 0) is 32.4 Å². The van der Waals surface area contributed by atoms with E-state index in [2.05, 4.69) is 34.8 Å². The molecule has 5 nitrogen and oxygen atoms in total. The van der Waals surface area contributed by atoms with E-state index in [1.807, 2.05) is 0 Å². The molecule has 0 spiro atoms. The highest BCUT2D eigenvalue weighted by Crippen LogP contribution is 2.58. The lowest BCUT2D eigenvalue weighted by atomic mass is 10.1. The second-order valence-corrected chi connectivity index (χ2v) is 10.7. The quantitative estimate of drug-likeness (QED) is 0.306. The summed E-state index contributed by atoms with van der Waals surface area (Å²) in [6, 6.07) is 0. The smallest absolute Gasteiger partial charge is 0.324 e. The van der Waals surface area contributed by atoms with Gasteiger partial charge in [0.15, 0.2) is 0 Å². The average molecular weight is 378 g/mol. The summed E-state index contributed by atoms with van der Waals surface area (Å²) in [6.45, 7) is -5.11. The van der Waals surface area contributed by atoms with Gasteiger partial charge in [0.1, 0.15) is 0 Å². The molecule has 1 unspecified atom stereocenters. The van der Waals surface area contributed by atoms with Gasteiger partial charge < -0.3 is 19.2 Å². The molecule has 0 saturated carbocycles. The van der Waals surface area contributed by atoms with E-state index in [1.165, 1.54) is 44.9 Å². The molecule has 0 radical (unpaired) electrons. The first kappa shape index (κ1) is 22.1. The van der Waals surface area contributed by atoms with E-state index in [-0.39, 0.29) is 6.61 Å². The molecule has 0 aromatic rings. The molecule has 3 N–H and O–H groups in total. The molecule has 0 fully saturated rings. The van der Waals surface area contributed by atoms with Gasteiger partial charge in [-0.1, -0.05) is 64.7 Å². The van der Waals surface area contributed by atoms with Crippen molar-refractivity contribution in [3.63, 3.8) is 0 Å². The van der Waals surface area contributed by atoms with E-state index in [0.29, 0.717) is 0 Å². The molecule has 0 aromatic heterocycles. The van der Waals surface area contributed by atoms with Gasteiger partial charge in [0.05, 0.1) is 6.61 Å². The van der Waals surface area contributed by atoms with Crippen molar-refractivity contribution < 1.29 is 23.5 Å². The summed E-state index contributed by atoms with van der Waals surface area (Å²) in [5, 5.41) is 0. The zero-order valence-corrected chi connectivity index (χ0v) is 16.1. The van der Waals surface area contributed by atoms with Crippen molar-refractivity contribution in [3.8, 4) is 0 Å². The predicted molar refractivity (Wildman–Crippen MR) is 94.1 cm³/mol. The van der Waals surface area contributed by atoms with Crippen LogP contribution in [0.25, 0.3) is 0 Å². The highest BCUT2D eigenvalue weighted by Gasteiger charge is 2.23. The van der Waals surface area contributed by atoms with Crippen molar-refractivity contribution in [1.82, 2.24) is 0 Å².